The predicted octanol–water partition coefficient (Wildman–Crippen LogP) is 4.83. The van der Waals surface area contributed by atoms with Gasteiger partial charge in [0.25, 0.3) is 0 Å². The maximum atomic E-state index is 13.3. The van der Waals surface area contributed by atoms with E-state index in [0.29, 0.717) is 18.1 Å². The van der Waals surface area contributed by atoms with Crippen molar-refractivity contribution in [3.8, 4) is 0 Å². The van der Waals surface area contributed by atoms with Gasteiger partial charge >= 0.3 is 5.97 Å². The molecule has 0 fully saturated rings. The lowest BCUT2D eigenvalue weighted by molar-refractivity contribution is 0.0527. The van der Waals surface area contributed by atoms with Gasteiger partial charge in [-0.05, 0) is 48.6 Å². The summed E-state index contributed by atoms with van der Waals surface area (Å²) in [5.41, 5.74) is 3.56. The Hall–Kier alpha value is -2.62. The van der Waals surface area contributed by atoms with E-state index in [1.807, 2.05) is 18.2 Å². The van der Waals surface area contributed by atoms with E-state index in [0.717, 1.165) is 23.2 Å². The zero-order valence-electron chi connectivity index (χ0n) is 14.0. The number of esters is 1. The van der Waals surface area contributed by atoms with E-state index in [4.69, 9.17) is 4.74 Å². The Balaban J connectivity index is 1.79. The minimum absolute atomic E-state index is 0.0312. The van der Waals surface area contributed by atoms with E-state index in [-0.39, 0.29) is 23.7 Å². The number of ether oxygens (including phenoxy) is 1. The van der Waals surface area contributed by atoms with Crippen molar-refractivity contribution in [2.45, 2.75) is 25.3 Å². The third-order valence-electron chi connectivity index (χ3n) is 5.12. The maximum absolute atomic E-state index is 13.3. The molecule has 1 heterocycles. The van der Waals surface area contributed by atoms with Crippen LogP contribution in [0.2, 0.25) is 0 Å². The summed E-state index contributed by atoms with van der Waals surface area (Å²) in [4.78, 5) is 12.4. The number of halogens is 1. The second-order valence-corrected chi connectivity index (χ2v) is 6.52. The molecule has 0 saturated heterocycles. The van der Waals surface area contributed by atoms with Crippen molar-refractivity contribution in [1.29, 1.82) is 0 Å². The van der Waals surface area contributed by atoms with Crippen molar-refractivity contribution in [3.63, 3.8) is 0 Å². The second kappa shape index (κ2) is 6.36. The molecule has 0 saturated carbocycles. The molecule has 0 unspecified atom stereocenters. The zero-order valence-corrected chi connectivity index (χ0v) is 14.0. The van der Waals surface area contributed by atoms with Gasteiger partial charge in [0.1, 0.15) is 5.82 Å². The molecule has 128 valence electrons. The summed E-state index contributed by atoms with van der Waals surface area (Å²) in [5, 5.41) is 3.55. The number of para-hydroxylation sites is 1. The SMILES string of the molecule is CCOC(=O)c1cccc2c1N[C@H](c1ccc(F)cc1)[C@H]1CC=C[C@@H]21. The molecule has 0 spiro atoms. The summed E-state index contributed by atoms with van der Waals surface area (Å²) in [7, 11) is 0. The van der Waals surface area contributed by atoms with Gasteiger partial charge in [0.2, 0.25) is 0 Å². The van der Waals surface area contributed by atoms with Crippen molar-refractivity contribution < 1.29 is 13.9 Å². The summed E-state index contributed by atoms with van der Waals surface area (Å²) in [5.74, 6) is 0.0505. The number of carbonyl (C=O) groups is 1. The van der Waals surface area contributed by atoms with Gasteiger partial charge in [-0.15, -0.1) is 0 Å². The monoisotopic (exact) mass is 337 g/mol. The molecule has 0 aromatic heterocycles. The standard InChI is InChI=1S/C21H20FNO2/c1-2-25-21(24)18-8-4-7-17-15-5-3-6-16(15)19(23-20(17)18)13-9-11-14(22)12-10-13/h3-5,7-12,15-16,19,23H,2,6H2,1H3/t15-,16+,19-/m1/s1. The molecule has 4 heteroatoms. The van der Waals surface area contributed by atoms with Crippen molar-refractivity contribution in [2.75, 3.05) is 11.9 Å². The van der Waals surface area contributed by atoms with Gasteiger partial charge in [0.15, 0.2) is 0 Å². The topological polar surface area (TPSA) is 38.3 Å². The average molecular weight is 337 g/mol. The van der Waals surface area contributed by atoms with Crippen LogP contribution in [-0.4, -0.2) is 12.6 Å². The molecule has 2 aromatic rings. The molecule has 2 aliphatic rings. The van der Waals surface area contributed by atoms with Crippen molar-refractivity contribution in [3.05, 3.63) is 77.1 Å². The molecule has 2 aromatic carbocycles. The van der Waals surface area contributed by atoms with Crippen LogP contribution in [0.25, 0.3) is 0 Å². The number of rotatable bonds is 3. The molecule has 0 amide bonds. The number of hydrogen-bond acceptors (Lipinski definition) is 3. The first-order valence-electron chi connectivity index (χ1n) is 8.67. The third kappa shape index (κ3) is 2.72. The number of benzene rings is 2. The number of nitrogens with one attached hydrogen (secondary N) is 1. The first-order valence-corrected chi connectivity index (χ1v) is 8.67. The fraction of sp³-hybridized carbons (Fsp3) is 0.286. The highest BCUT2D eigenvalue weighted by Crippen LogP contribution is 2.50. The quantitative estimate of drug-likeness (QED) is 0.644. The number of allylic oxidation sites excluding steroid dienone is 2. The maximum Gasteiger partial charge on any atom is 0.340 e. The van der Waals surface area contributed by atoms with Crippen LogP contribution in [0.3, 0.4) is 0 Å². The Morgan fingerprint density at radius 3 is 2.80 bits per heavy atom. The highest BCUT2D eigenvalue weighted by atomic mass is 19.1. The Bertz CT molecular complexity index is 828. The molecular formula is C21H20FNO2. The van der Waals surface area contributed by atoms with Crippen molar-refractivity contribution in [2.24, 2.45) is 5.92 Å². The highest BCUT2D eigenvalue weighted by molar-refractivity contribution is 5.97. The van der Waals surface area contributed by atoms with Crippen LogP contribution in [0.1, 0.15) is 46.8 Å². The van der Waals surface area contributed by atoms with Crippen LogP contribution >= 0.6 is 0 Å². The first-order chi connectivity index (χ1) is 12.2. The molecule has 0 radical (unpaired) electrons. The zero-order chi connectivity index (χ0) is 17.4. The molecule has 3 nitrogen and oxygen atoms in total. The molecule has 0 bridgehead atoms. The molecule has 4 rings (SSSR count). The lowest BCUT2D eigenvalue weighted by Crippen LogP contribution is -2.30. The van der Waals surface area contributed by atoms with E-state index >= 15 is 0 Å². The molecular weight excluding hydrogens is 317 g/mol. The summed E-state index contributed by atoms with van der Waals surface area (Å²) in [6.45, 7) is 2.15. The van der Waals surface area contributed by atoms with Crippen LogP contribution in [-0.2, 0) is 4.74 Å². The fourth-order valence-corrected chi connectivity index (χ4v) is 4.00. The van der Waals surface area contributed by atoms with Crippen LogP contribution < -0.4 is 5.32 Å². The Labute approximate surface area is 146 Å². The number of carbonyl (C=O) groups excluding carboxylic acids is 1. The minimum atomic E-state index is -0.315. The molecule has 1 aliphatic carbocycles. The largest absolute Gasteiger partial charge is 0.462 e. The highest BCUT2D eigenvalue weighted by Gasteiger charge is 2.39. The summed E-state index contributed by atoms with van der Waals surface area (Å²) in [6, 6.07) is 12.4. The number of hydrogen-bond donors (Lipinski definition) is 1. The van der Waals surface area contributed by atoms with E-state index in [2.05, 4.69) is 23.5 Å². The normalized spacial score (nSPS) is 23.5. The summed E-state index contributed by atoms with van der Waals surface area (Å²) >= 11 is 0. The predicted molar refractivity (Wildman–Crippen MR) is 95.2 cm³/mol. The molecule has 25 heavy (non-hydrogen) atoms. The van der Waals surface area contributed by atoms with Crippen molar-refractivity contribution in [1.82, 2.24) is 0 Å². The van der Waals surface area contributed by atoms with Gasteiger partial charge in [-0.1, -0.05) is 36.4 Å². The average Bonchev–Trinajstić information content (AvgIpc) is 3.11. The van der Waals surface area contributed by atoms with Crippen LogP contribution in [0.4, 0.5) is 10.1 Å². The smallest absolute Gasteiger partial charge is 0.340 e. The third-order valence-corrected chi connectivity index (χ3v) is 5.12. The Kier molecular flexibility index (Phi) is 4.04. The van der Waals surface area contributed by atoms with Gasteiger partial charge in [-0.2, -0.15) is 0 Å². The molecule has 1 N–H and O–H groups in total. The first kappa shape index (κ1) is 15.9. The summed E-state index contributed by atoms with van der Waals surface area (Å²) in [6.07, 6.45) is 5.37. The van der Waals surface area contributed by atoms with Crippen LogP contribution in [0, 0.1) is 11.7 Å². The lowest BCUT2D eigenvalue weighted by atomic mass is 9.76. The number of fused-ring (bicyclic) bond motifs is 3. The van der Waals surface area contributed by atoms with Gasteiger partial charge in [-0.3, -0.25) is 0 Å². The summed E-state index contributed by atoms with van der Waals surface area (Å²) < 4.78 is 18.5. The van der Waals surface area contributed by atoms with Gasteiger partial charge in [0.05, 0.1) is 23.9 Å². The van der Waals surface area contributed by atoms with Gasteiger partial charge in [0, 0.05) is 5.92 Å². The number of anilines is 1. The minimum Gasteiger partial charge on any atom is -0.462 e. The second-order valence-electron chi connectivity index (χ2n) is 6.52. The van der Waals surface area contributed by atoms with Crippen LogP contribution in [0.5, 0.6) is 0 Å². The molecule has 1 aliphatic heterocycles. The van der Waals surface area contributed by atoms with E-state index in [1.54, 1.807) is 13.0 Å². The molecule has 3 atom stereocenters. The van der Waals surface area contributed by atoms with E-state index in [1.165, 1.54) is 12.1 Å². The Morgan fingerprint density at radius 2 is 2.04 bits per heavy atom. The van der Waals surface area contributed by atoms with Crippen LogP contribution in [0.15, 0.2) is 54.6 Å². The van der Waals surface area contributed by atoms with Gasteiger partial charge in [-0.25, -0.2) is 9.18 Å². The fourth-order valence-electron chi connectivity index (χ4n) is 4.00. The lowest BCUT2D eigenvalue weighted by Gasteiger charge is -2.38. The van der Waals surface area contributed by atoms with Gasteiger partial charge < -0.3 is 10.1 Å². The van der Waals surface area contributed by atoms with E-state index < -0.39 is 0 Å². The Morgan fingerprint density at radius 1 is 1.24 bits per heavy atom. The van der Waals surface area contributed by atoms with E-state index in [9.17, 15) is 9.18 Å². The van der Waals surface area contributed by atoms with Crippen molar-refractivity contribution >= 4 is 11.7 Å².